The molecule has 0 saturated carbocycles. The molecule has 0 bridgehead atoms. The number of hydrogen-bond acceptors (Lipinski definition) is 4. The Morgan fingerprint density at radius 2 is 1.79 bits per heavy atom. The first kappa shape index (κ1) is 20.6. The molecule has 0 aromatic heterocycles. The molecule has 148 valence electrons. The van der Waals surface area contributed by atoms with Crippen molar-refractivity contribution in [2.24, 2.45) is 0 Å². The van der Waals surface area contributed by atoms with Gasteiger partial charge in [-0.05, 0) is 67.6 Å². The van der Waals surface area contributed by atoms with Crippen LogP contribution < -0.4 is 15.5 Å². The van der Waals surface area contributed by atoms with E-state index in [1.165, 1.54) is 5.69 Å². The van der Waals surface area contributed by atoms with E-state index in [9.17, 15) is 4.79 Å². The molecule has 0 spiro atoms. The van der Waals surface area contributed by atoms with Crippen LogP contribution in [0.15, 0.2) is 42.5 Å². The van der Waals surface area contributed by atoms with Crippen LogP contribution in [0.4, 0.5) is 11.4 Å². The lowest BCUT2D eigenvalue weighted by molar-refractivity contribution is 0.0977. The zero-order valence-electron chi connectivity index (χ0n) is 16.2. The number of rotatable bonds is 4. The van der Waals surface area contributed by atoms with E-state index in [2.05, 4.69) is 39.5 Å². The van der Waals surface area contributed by atoms with Crippen LogP contribution in [0, 0.1) is 6.92 Å². The minimum atomic E-state index is -0.287. The van der Waals surface area contributed by atoms with Gasteiger partial charge in [-0.3, -0.25) is 10.1 Å². The van der Waals surface area contributed by atoms with Crippen molar-refractivity contribution in [3.05, 3.63) is 58.6 Å². The number of amides is 1. The van der Waals surface area contributed by atoms with Crippen molar-refractivity contribution < 1.29 is 4.79 Å². The molecule has 1 fully saturated rings. The highest BCUT2D eigenvalue weighted by molar-refractivity contribution is 7.80. The average molecular weight is 417 g/mol. The first-order chi connectivity index (χ1) is 13.5. The fraction of sp³-hybridized carbons (Fsp3) is 0.333. The first-order valence-electron chi connectivity index (χ1n) is 9.42. The molecule has 1 aliphatic heterocycles. The van der Waals surface area contributed by atoms with Gasteiger partial charge in [0.25, 0.3) is 5.91 Å². The van der Waals surface area contributed by atoms with Crippen LogP contribution in [0.1, 0.15) is 22.8 Å². The summed E-state index contributed by atoms with van der Waals surface area (Å²) in [6.45, 7) is 9.46. The third-order valence-corrected chi connectivity index (χ3v) is 5.58. The number of piperazine rings is 1. The van der Waals surface area contributed by atoms with Crippen molar-refractivity contribution in [2.45, 2.75) is 13.8 Å². The Labute approximate surface area is 176 Å². The highest BCUT2D eigenvalue weighted by Crippen LogP contribution is 2.20. The van der Waals surface area contributed by atoms with Crippen LogP contribution in [0.2, 0.25) is 5.02 Å². The van der Waals surface area contributed by atoms with Gasteiger partial charge in [0.15, 0.2) is 5.11 Å². The Morgan fingerprint density at radius 3 is 2.39 bits per heavy atom. The average Bonchev–Trinajstić information content (AvgIpc) is 2.70. The van der Waals surface area contributed by atoms with E-state index in [-0.39, 0.29) is 11.0 Å². The number of carbonyl (C=O) groups excluding carboxylic acids is 1. The molecule has 0 atom stereocenters. The maximum Gasteiger partial charge on any atom is 0.257 e. The van der Waals surface area contributed by atoms with Crippen LogP contribution in [-0.2, 0) is 0 Å². The molecule has 7 heteroatoms. The second-order valence-corrected chi connectivity index (χ2v) is 7.66. The van der Waals surface area contributed by atoms with Crippen LogP contribution in [0.5, 0.6) is 0 Å². The van der Waals surface area contributed by atoms with E-state index in [0.29, 0.717) is 10.6 Å². The number of thiocarbonyl (C=S) groups is 1. The maximum absolute atomic E-state index is 12.3. The van der Waals surface area contributed by atoms with Crippen molar-refractivity contribution in [1.82, 2.24) is 10.2 Å². The summed E-state index contributed by atoms with van der Waals surface area (Å²) >= 11 is 11.3. The minimum Gasteiger partial charge on any atom is -0.369 e. The summed E-state index contributed by atoms with van der Waals surface area (Å²) in [7, 11) is 0. The molecular weight excluding hydrogens is 392 g/mol. The normalized spacial score (nSPS) is 14.6. The van der Waals surface area contributed by atoms with E-state index in [4.69, 9.17) is 23.8 Å². The summed E-state index contributed by atoms with van der Waals surface area (Å²) in [6, 6.07) is 13.3. The number of nitrogens with zero attached hydrogens (tertiary/aromatic N) is 2. The maximum atomic E-state index is 12.3. The highest BCUT2D eigenvalue weighted by atomic mass is 35.5. The second-order valence-electron chi connectivity index (χ2n) is 6.84. The molecule has 3 rings (SSSR count). The molecule has 1 aliphatic rings. The zero-order valence-corrected chi connectivity index (χ0v) is 17.7. The summed E-state index contributed by atoms with van der Waals surface area (Å²) in [5.41, 5.74) is 3.44. The number of carbonyl (C=O) groups is 1. The highest BCUT2D eigenvalue weighted by Gasteiger charge is 2.16. The van der Waals surface area contributed by atoms with Crippen molar-refractivity contribution >= 4 is 46.2 Å². The van der Waals surface area contributed by atoms with Crippen LogP contribution in [0.3, 0.4) is 0 Å². The van der Waals surface area contributed by atoms with Gasteiger partial charge in [-0.25, -0.2) is 0 Å². The fourth-order valence-corrected chi connectivity index (χ4v) is 3.54. The molecule has 2 aromatic carbocycles. The number of benzene rings is 2. The van der Waals surface area contributed by atoms with Crippen molar-refractivity contribution in [3.63, 3.8) is 0 Å². The number of hydrogen-bond donors (Lipinski definition) is 2. The summed E-state index contributed by atoms with van der Waals surface area (Å²) in [4.78, 5) is 17.2. The van der Waals surface area contributed by atoms with Crippen LogP contribution >= 0.6 is 23.8 Å². The van der Waals surface area contributed by atoms with Crippen molar-refractivity contribution in [3.8, 4) is 0 Å². The van der Waals surface area contributed by atoms with Crippen LogP contribution in [0.25, 0.3) is 0 Å². The molecular formula is C21H25ClN4OS. The van der Waals surface area contributed by atoms with Crippen LogP contribution in [-0.4, -0.2) is 48.6 Å². The molecule has 1 heterocycles. The van der Waals surface area contributed by atoms with Gasteiger partial charge in [-0.1, -0.05) is 24.6 Å². The predicted octanol–water partition coefficient (Wildman–Crippen LogP) is 3.92. The van der Waals surface area contributed by atoms with E-state index < -0.39 is 0 Å². The number of nitrogens with one attached hydrogen (secondary N) is 2. The quantitative estimate of drug-likeness (QED) is 0.740. The molecule has 0 radical (unpaired) electrons. The number of halogens is 1. The lowest BCUT2D eigenvalue weighted by atomic mass is 10.1. The second kappa shape index (κ2) is 9.37. The SMILES string of the molecule is CCN1CCN(c2ccc(NC(=S)NC(=O)c3ccc(C)c(Cl)c3)cc2)CC1. The van der Waals surface area contributed by atoms with E-state index >= 15 is 0 Å². The molecule has 1 saturated heterocycles. The fourth-order valence-electron chi connectivity index (χ4n) is 3.15. The van der Waals surface area contributed by atoms with Crippen molar-refractivity contribution in [2.75, 3.05) is 42.9 Å². The molecule has 0 aliphatic carbocycles. The smallest absolute Gasteiger partial charge is 0.257 e. The Balaban J connectivity index is 1.54. The molecule has 5 nitrogen and oxygen atoms in total. The number of likely N-dealkylation sites (N-methyl/N-ethyl adjacent to an activating group) is 1. The standard InChI is InChI=1S/C21H25ClN4OS/c1-3-25-10-12-26(13-11-25)18-8-6-17(7-9-18)23-21(28)24-20(27)16-5-4-15(2)19(22)14-16/h4-9,14H,3,10-13H2,1-2H3,(H2,23,24,27,28). The van der Waals surface area contributed by atoms with Gasteiger partial charge < -0.3 is 15.1 Å². The summed E-state index contributed by atoms with van der Waals surface area (Å²) < 4.78 is 0. The summed E-state index contributed by atoms with van der Waals surface area (Å²) in [5, 5.41) is 6.56. The Hall–Kier alpha value is -2.15. The summed E-state index contributed by atoms with van der Waals surface area (Å²) in [5.74, 6) is -0.287. The summed E-state index contributed by atoms with van der Waals surface area (Å²) in [6.07, 6.45) is 0. The predicted molar refractivity (Wildman–Crippen MR) is 121 cm³/mol. The molecule has 28 heavy (non-hydrogen) atoms. The molecule has 1 amide bonds. The Kier molecular flexibility index (Phi) is 6.88. The van der Waals surface area contributed by atoms with E-state index in [1.807, 2.05) is 25.1 Å². The Bertz CT molecular complexity index is 848. The van der Waals surface area contributed by atoms with E-state index in [1.54, 1.807) is 12.1 Å². The largest absolute Gasteiger partial charge is 0.369 e. The minimum absolute atomic E-state index is 0.256. The van der Waals surface area contributed by atoms with Gasteiger partial charge in [0.2, 0.25) is 0 Å². The topological polar surface area (TPSA) is 47.6 Å². The third-order valence-electron chi connectivity index (χ3n) is 4.97. The monoisotopic (exact) mass is 416 g/mol. The zero-order chi connectivity index (χ0) is 20.1. The first-order valence-corrected chi connectivity index (χ1v) is 10.2. The number of anilines is 2. The van der Waals surface area contributed by atoms with E-state index in [0.717, 1.165) is 44.0 Å². The molecule has 0 unspecified atom stereocenters. The van der Waals surface area contributed by atoms with Gasteiger partial charge in [0.1, 0.15) is 0 Å². The van der Waals surface area contributed by atoms with Gasteiger partial charge in [-0.15, -0.1) is 0 Å². The van der Waals surface area contributed by atoms with Gasteiger partial charge in [0, 0.05) is 48.1 Å². The molecule has 2 aromatic rings. The Morgan fingerprint density at radius 1 is 1.11 bits per heavy atom. The van der Waals surface area contributed by atoms with Gasteiger partial charge >= 0.3 is 0 Å². The lowest BCUT2D eigenvalue weighted by Crippen LogP contribution is -2.46. The molecule has 2 N–H and O–H groups in total. The van der Waals surface area contributed by atoms with Crippen molar-refractivity contribution in [1.29, 1.82) is 0 Å². The van der Waals surface area contributed by atoms with Gasteiger partial charge in [0.05, 0.1) is 0 Å². The lowest BCUT2D eigenvalue weighted by Gasteiger charge is -2.35. The van der Waals surface area contributed by atoms with Gasteiger partial charge in [-0.2, -0.15) is 0 Å². The number of aryl methyl sites for hydroxylation is 1. The third kappa shape index (κ3) is 5.22.